The zero-order valence-electron chi connectivity index (χ0n) is 14.7. The number of esters is 1. The second-order valence-corrected chi connectivity index (χ2v) is 6.23. The Kier molecular flexibility index (Phi) is 6.15. The summed E-state index contributed by atoms with van der Waals surface area (Å²) in [5.41, 5.74) is -0.447. The molecule has 0 spiro atoms. The van der Waals surface area contributed by atoms with Crippen LogP contribution in [0.3, 0.4) is 0 Å². The number of carbonyl (C=O) groups is 1. The third-order valence-electron chi connectivity index (χ3n) is 3.52. The summed E-state index contributed by atoms with van der Waals surface area (Å²) in [7, 11) is 3.09. The van der Waals surface area contributed by atoms with Crippen molar-refractivity contribution >= 4 is 17.6 Å². The van der Waals surface area contributed by atoms with Crippen LogP contribution in [0.5, 0.6) is 17.2 Å². The van der Waals surface area contributed by atoms with E-state index in [1.165, 1.54) is 7.11 Å². The Morgan fingerprint density at radius 1 is 1.04 bits per heavy atom. The van der Waals surface area contributed by atoms with E-state index in [1.807, 2.05) is 6.07 Å². The average Bonchev–Trinajstić information content (AvgIpc) is 2.60. The molecule has 2 aromatic rings. The first-order chi connectivity index (χ1) is 11.9. The van der Waals surface area contributed by atoms with Crippen molar-refractivity contribution in [1.82, 2.24) is 0 Å². The molecule has 2 aromatic carbocycles. The molecule has 0 N–H and O–H groups in total. The largest absolute Gasteiger partial charge is 0.493 e. The quantitative estimate of drug-likeness (QED) is 0.687. The van der Waals surface area contributed by atoms with Gasteiger partial charge in [-0.1, -0.05) is 23.7 Å². The number of carbonyl (C=O) groups excluding carboxylic acids is 1. The van der Waals surface area contributed by atoms with Crippen molar-refractivity contribution in [2.75, 3.05) is 14.2 Å². The Bertz CT molecular complexity index is 725. The highest BCUT2D eigenvalue weighted by Crippen LogP contribution is 2.31. The lowest BCUT2D eigenvalue weighted by atomic mass is 10.1. The van der Waals surface area contributed by atoms with Gasteiger partial charge in [-0.3, -0.25) is 0 Å². The number of hydrogen-bond acceptors (Lipinski definition) is 5. The lowest BCUT2D eigenvalue weighted by Crippen LogP contribution is -2.39. The van der Waals surface area contributed by atoms with Gasteiger partial charge in [0.1, 0.15) is 12.4 Å². The summed E-state index contributed by atoms with van der Waals surface area (Å²) >= 11 is 5.85. The number of methoxy groups -OCH3 is 2. The first-order valence-corrected chi connectivity index (χ1v) is 8.07. The smallest absolute Gasteiger partial charge is 0.350 e. The predicted molar refractivity (Wildman–Crippen MR) is 95.5 cm³/mol. The predicted octanol–water partition coefficient (Wildman–Crippen LogP) is 4.26. The molecule has 0 bridgehead atoms. The van der Waals surface area contributed by atoms with E-state index in [2.05, 4.69) is 0 Å². The maximum absolute atomic E-state index is 12.4. The monoisotopic (exact) mass is 364 g/mol. The van der Waals surface area contributed by atoms with Gasteiger partial charge >= 0.3 is 5.97 Å². The number of hydrogen-bond donors (Lipinski definition) is 0. The van der Waals surface area contributed by atoms with Gasteiger partial charge in [0, 0.05) is 10.6 Å². The second kappa shape index (κ2) is 8.12. The zero-order chi connectivity index (χ0) is 18.4. The molecule has 0 fully saturated rings. The van der Waals surface area contributed by atoms with E-state index in [1.54, 1.807) is 57.4 Å². The van der Waals surface area contributed by atoms with Crippen molar-refractivity contribution in [2.45, 2.75) is 26.1 Å². The Balaban J connectivity index is 2.05. The summed E-state index contributed by atoms with van der Waals surface area (Å²) < 4.78 is 21.7. The molecule has 25 heavy (non-hydrogen) atoms. The van der Waals surface area contributed by atoms with Gasteiger partial charge in [-0.15, -0.1) is 0 Å². The molecule has 0 aromatic heterocycles. The molecule has 0 saturated carbocycles. The molecule has 0 unspecified atom stereocenters. The van der Waals surface area contributed by atoms with Crippen LogP contribution >= 0.6 is 11.6 Å². The van der Waals surface area contributed by atoms with Crippen molar-refractivity contribution in [2.24, 2.45) is 0 Å². The second-order valence-electron chi connectivity index (χ2n) is 5.80. The van der Waals surface area contributed by atoms with Crippen molar-refractivity contribution in [3.63, 3.8) is 0 Å². The van der Waals surface area contributed by atoms with Gasteiger partial charge in [-0.2, -0.15) is 0 Å². The van der Waals surface area contributed by atoms with Crippen LogP contribution in [0.15, 0.2) is 42.5 Å². The molecule has 0 heterocycles. The number of para-hydroxylation sites is 1. The lowest BCUT2D eigenvalue weighted by molar-refractivity contribution is -0.160. The average molecular weight is 365 g/mol. The fourth-order valence-electron chi connectivity index (χ4n) is 2.22. The highest BCUT2D eigenvalue weighted by molar-refractivity contribution is 6.30. The molecule has 134 valence electrons. The van der Waals surface area contributed by atoms with E-state index >= 15 is 0 Å². The van der Waals surface area contributed by atoms with E-state index in [9.17, 15) is 4.79 Å². The molecule has 0 atom stereocenters. The van der Waals surface area contributed by atoms with Crippen LogP contribution in [0, 0.1) is 0 Å². The van der Waals surface area contributed by atoms with Crippen LogP contribution in [-0.4, -0.2) is 25.8 Å². The summed E-state index contributed by atoms with van der Waals surface area (Å²) in [5, 5.41) is 0.595. The third-order valence-corrected chi connectivity index (χ3v) is 3.77. The topological polar surface area (TPSA) is 54.0 Å². The maximum atomic E-state index is 12.4. The van der Waals surface area contributed by atoms with E-state index in [-0.39, 0.29) is 6.61 Å². The standard InChI is InChI=1S/C19H21ClO5/c1-19(2,25-15-10-8-14(20)9-11-15)18(21)24-12-13-6-5-7-16(22-3)17(13)23-4/h5-11H,12H2,1-4H3. The molecular formula is C19H21ClO5. The molecule has 2 rings (SSSR count). The van der Waals surface area contributed by atoms with E-state index in [0.717, 1.165) is 0 Å². The van der Waals surface area contributed by atoms with Gasteiger partial charge in [0.2, 0.25) is 0 Å². The molecule has 0 saturated heterocycles. The molecule has 0 radical (unpaired) electrons. The van der Waals surface area contributed by atoms with Crippen molar-refractivity contribution in [1.29, 1.82) is 0 Å². The summed E-state index contributed by atoms with van der Waals surface area (Å²) in [6, 6.07) is 12.2. The summed E-state index contributed by atoms with van der Waals surface area (Å²) in [4.78, 5) is 12.4. The van der Waals surface area contributed by atoms with E-state index < -0.39 is 11.6 Å². The first-order valence-electron chi connectivity index (χ1n) is 7.69. The highest BCUT2D eigenvalue weighted by Gasteiger charge is 2.32. The molecule has 0 aliphatic carbocycles. The van der Waals surface area contributed by atoms with Crippen LogP contribution in [-0.2, 0) is 16.1 Å². The molecular weight excluding hydrogens is 344 g/mol. The van der Waals surface area contributed by atoms with Crippen LogP contribution in [0.4, 0.5) is 0 Å². The normalized spacial score (nSPS) is 10.9. The zero-order valence-corrected chi connectivity index (χ0v) is 15.4. The Morgan fingerprint density at radius 3 is 2.32 bits per heavy atom. The first kappa shape index (κ1) is 18.9. The molecule has 0 aliphatic heterocycles. The number of ether oxygens (including phenoxy) is 4. The number of halogens is 1. The third kappa shape index (κ3) is 4.79. The van der Waals surface area contributed by atoms with Crippen LogP contribution in [0.25, 0.3) is 0 Å². The molecule has 6 heteroatoms. The summed E-state index contributed by atoms with van der Waals surface area (Å²) in [6.45, 7) is 3.34. The summed E-state index contributed by atoms with van der Waals surface area (Å²) in [6.07, 6.45) is 0. The Hall–Kier alpha value is -2.40. The van der Waals surface area contributed by atoms with E-state index in [4.69, 9.17) is 30.5 Å². The van der Waals surface area contributed by atoms with Crippen molar-refractivity contribution < 1.29 is 23.7 Å². The Labute approximate surface area is 152 Å². The van der Waals surface area contributed by atoms with Gasteiger partial charge in [0.25, 0.3) is 0 Å². The van der Waals surface area contributed by atoms with Gasteiger partial charge in [-0.05, 0) is 44.2 Å². The number of rotatable bonds is 7. The minimum atomic E-state index is -1.15. The van der Waals surface area contributed by atoms with Crippen molar-refractivity contribution in [3.05, 3.63) is 53.1 Å². The van der Waals surface area contributed by atoms with Gasteiger partial charge in [0.15, 0.2) is 17.1 Å². The molecule has 0 amide bonds. The number of benzene rings is 2. The highest BCUT2D eigenvalue weighted by atomic mass is 35.5. The minimum absolute atomic E-state index is 0.0482. The molecule has 5 nitrogen and oxygen atoms in total. The van der Waals surface area contributed by atoms with Crippen LogP contribution < -0.4 is 14.2 Å². The van der Waals surface area contributed by atoms with Crippen LogP contribution in [0.2, 0.25) is 5.02 Å². The van der Waals surface area contributed by atoms with Gasteiger partial charge in [-0.25, -0.2) is 4.79 Å². The fourth-order valence-corrected chi connectivity index (χ4v) is 2.35. The molecule has 0 aliphatic rings. The summed E-state index contributed by atoms with van der Waals surface area (Å²) in [5.74, 6) is 1.15. The Morgan fingerprint density at radius 2 is 1.72 bits per heavy atom. The van der Waals surface area contributed by atoms with Gasteiger partial charge < -0.3 is 18.9 Å². The van der Waals surface area contributed by atoms with E-state index in [0.29, 0.717) is 27.8 Å². The van der Waals surface area contributed by atoms with Crippen molar-refractivity contribution in [3.8, 4) is 17.2 Å². The van der Waals surface area contributed by atoms with Crippen LogP contribution in [0.1, 0.15) is 19.4 Å². The SMILES string of the molecule is COc1cccc(COC(=O)C(C)(C)Oc2ccc(Cl)cc2)c1OC. The fraction of sp³-hybridized carbons (Fsp3) is 0.316. The van der Waals surface area contributed by atoms with Gasteiger partial charge in [0.05, 0.1) is 14.2 Å². The lowest BCUT2D eigenvalue weighted by Gasteiger charge is -2.24. The minimum Gasteiger partial charge on any atom is -0.493 e. The maximum Gasteiger partial charge on any atom is 0.350 e.